The summed E-state index contributed by atoms with van der Waals surface area (Å²) in [5.74, 6) is -3.12. The molecular formula is C4H8BF3O3. The summed E-state index contributed by atoms with van der Waals surface area (Å²) < 4.78 is 39.4. The normalized spacial score (nSPS) is 16.6. The minimum atomic E-state index is -3.30. The molecule has 0 saturated heterocycles. The van der Waals surface area contributed by atoms with Gasteiger partial charge < -0.3 is 14.8 Å². The Morgan fingerprint density at radius 3 is 2.27 bits per heavy atom. The Labute approximate surface area is 61.9 Å². The summed E-state index contributed by atoms with van der Waals surface area (Å²) in [6.07, 6.45) is -3.30. The smallest absolute Gasteiger partial charge is 0.426 e. The molecule has 0 radical (unpaired) electrons. The van der Waals surface area contributed by atoms with Crippen molar-refractivity contribution in [1.29, 1.82) is 0 Å². The molecule has 0 aromatic heterocycles. The van der Waals surface area contributed by atoms with Gasteiger partial charge in [-0.3, -0.25) is 0 Å². The third-order valence-corrected chi connectivity index (χ3v) is 0.904. The van der Waals surface area contributed by atoms with Gasteiger partial charge in [0.05, 0.1) is 6.51 Å². The molecule has 0 rings (SSSR count). The van der Waals surface area contributed by atoms with Gasteiger partial charge in [0.15, 0.2) is 0 Å². The van der Waals surface area contributed by atoms with Crippen LogP contribution in [0, 0.1) is 0 Å². The zero-order valence-electron chi connectivity index (χ0n) is 5.80. The lowest BCUT2D eigenvalue weighted by Crippen LogP contribution is -2.36. The zero-order valence-corrected chi connectivity index (χ0v) is 5.80. The third-order valence-electron chi connectivity index (χ3n) is 0.904. The molecule has 3 nitrogen and oxygen atoms in total. The highest BCUT2D eigenvalue weighted by Gasteiger charge is 2.36. The first kappa shape index (κ1) is 10.7. The Balaban J connectivity index is 3.73. The maximum atomic E-state index is 12.4. The van der Waals surface area contributed by atoms with Crippen LogP contribution in [0.25, 0.3) is 0 Å². The second-order valence-electron chi connectivity index (χ2n) is 2.08. The Morgan fingerprint density at radius 2 is 2.00 bits per heavy atom. The third kappa shape index (κ3) is 4.23. The quantitative estimate of drug-likeness (QED) is 0.585. The molecule has 0 aliphatic carbocycles. The van der Waals surface area contributed by atoms with E-state index in [2.05, 4.69) is 4.74 Å². The Bertz CT molecular complexity index is 119. The molecule has 0 bridgehead atoms. The average Bonchev–Trinajstić information content (AvgIpc) is 1.84. The largest absolute Gasteiger partial charge is 0.479 e. The van der Waals surface area contributed by atoms with Crippen molar-refractivity contribution in [3.05, 3.63) is 0 Å². The second-order valence-corrected chi connectivity index (χ2v) is 2.08. The minimum absolute atomic E-state index is 0.514. The van der Waals surface area contributed by atoms with Gasteiger partial charge in [0, 0.05) is 6.92 Å². The van der Waals surface area contributed by atoms with Crippen molar-refractivity contribution in [2.75, 3.05) is 6.51 Å². The zero-order chi connectivity index (χ0) is 9.07. The summed E-state index contributed by atoms with van der Waals surface area (Å²) in [5.41, 5.74) is 0. The first-order valence-corrected chi connectivity index (χ1v) is 2.83. The SMILES string of the molecule is CC(F)(OCB(O)O)C(F)F. The van der Waals surface area contributed by atoms with E-state index in [0.29, 0.717) is 6.92 Å². The van der Waals surface area contributed by atoms with Gasteiger partial charge in [-0.15, -0.1) is 0 Å². The first-order valence-electron chi connectivity index (χ1n) is 2.83. The number of hydrogen-bond acceptors (Lipinski definition) is 3. The molecule has 66 valence electrons. The van der Waals surface area contributed by atoms with E-state index >= 15 is 0 Å². The van der Waals surface area contributed by atoms with Crippen molar-refractivity contribution >= 4 is 7.12 Å². The molecule has 0 aromatic rings. The summed E-state index contributed by atoms with van der Waals surface area (Å²) in [6, 6.07) is 0. The molecule has 7 heteroatoms. The second kappa shape index (κ2) is 3.94. The van der Waals surface area contributed by atoms with Gasteiger partial charge in [0.25, 0.3) is 12.3 Å². The maximum Gasteiger partial charge on any atom is 0.479 e. The van der Waals surface area contributed by atoms with Gasteiger partial charge in [-0.2, -0.15) is 0 Å². The van der Waals surface area contributed by atoms with E-state index in [1.165, 1.54) is 0 Å². The van der Waals surface area contributed by atoms with Crippen LogP contribution in [-0.4, -0.2) is 36.0 Å². The molecule has 1 atom stereocenters. The molecule has 0 aliphatic heterocycles. The Morgan fingerprint density at radius 1 is 1.55 bits per heavy atom. The summed E-state index contributed by atoms with van der Waals surface area (Å²) in [5, 5.41) is 16.2. The first-order chi connectivity index (χ1) is 4.86. The van der Waals surface area contributed by atoms with Crippen LogP contribution in [0.4, 0.5) is 13.2 Å². The molecule has 0 aromatic carbocycles. The highest BCUT2D eigenvalue weighted by Crippen LogP contribution is 2.21. The van der Waals surface area contributed by atoms with Crippen molar-refractivity contribution in [3.8, 4) is 0 Å². The number of ether oxygens (including phenoxy) is 1. The van der Waals surface area contributed by atoms with Crippen LogP contribution < -0.4 is 0 Å². The van der Waals surface area contributed by atoms with E-state index in [0.717, 1.165) is 0 Å². The van der Waals surface area contributed by atoms with Gasteiger partial charge >= 0.3 is 7.12 Å². The van der Waals surface area contributed by atoms with Crippen LogP contribution >= 0.6 is 0 Å². The van der Waals surface area contributed by atoms with Gasteiger partial charge in [0.2, 0.25) is 0 Å². The summed E-state index contributed by atoms with van der Waals surface area (Å²) in [4.78, 5) is 0. The summed E-state index contributed by atoms with van der Waals surface area (Å²) in [6.45, 7) is -0.364. The van der Waals surface area contributed by atoms with Crippen molar-refractivity contribution in [1.82, 2.24) is 0 Å². The van der Waals surface area contributed by atoms with E-state index in [9.17, 15) is 13.2 Å². The van der Waals surface area contributed by atoms with Crippen LogP contribution in [0.5, 0.6) is 0 Å². The highest BCUT2D eigenvalue weighted by molar-refractivity contribution is 6.40. The summed E-state index contributed by atoms with van der Waals surface area (Å²) in [7, 11) is -1.94. The number of halogens is 3. The van der Waals surface area contributed by atoms with Gasteiger partial charge in [-0.05, 0) is 0 Å². The van der Waals surface area contributed by atoms with Crippen LogP contribution in [0.2, 0.25) is 0 Å². The number of alkyl halides is 3. The van der Waals surface area contributed by atoms with Gasteiger partial charge in [-0.1, -0.05) is 0 Å². The van der Waals surface area contributed by atoms with E-state index in [4.69, 9.17) is 10.0 Å². The molecule has 0 aliphatic rings. The molecule has 0 fully saturated rings. The fourth-order valence-electron chi connectivity index (χ4n) is 0.300. The lowest BCUT2D eigenvalue weighted by molar-refractivity contribution is -0.201. The Kier molecular flexibility index (Phi) is 3.84. The summed E-state index contributed by atoms with van der Waals surface area (Å²) >= 11 is 0. The molecule has 0 spiro atoms. The number of rotatable bonds is 4. The minimum Gasteiger partial charge on any atom is -0.426 e. The monoisotopic (exact) mass is 172 g/mol. The van der Waals surface area contributed by atoms with Crippen molar-refractivity contribution in [2.45, 2.75) is 19.2 Å². The van der Waals surface area contributed by atoms with Crippen molar-refractivity contribution in [2.24, 2.45) is 0 Å². The lowest BCUT2D eigenvalue weighted by atomic mass is 9.95. The molecule has 0 amide bonds. The molecule has 2 N–H and O–H groups in total. The van der Waals surface area contributed by atoms with Gasteiger partial charge in [0.1, 0.15) is 0 Å². The number of hydrogen-bond donors (Lipinski definition) is 2. The van der Waals surface area contributed by atoms with Crippen LogP contribution in [0.3, 0.4) is 0 Å². The molecular weight excluding hydrogens is 164 g/mol. The topological polar surface area (TPSA) is 49.7 Å². The van der Waals surface area contributed by atoms with Crippen molar-refractivity contribution in [3.63, 3.8) is 0 Å². The highest BCUT2D eigenvalue weighted by atomic mass is 19.3. The van der Waals surface area contributed by atoms with Gasteiger partial charge in [-0.25, -0.2) is 13.2 Å². The average molecular weight is 172 g/mol. The fraction of sp³-hybridized carbons (Fsp3) is 1.00. The van der Waals surface area contributed by atoms with E-state index in [-0.39, 0.29) is 0 Å². The lowest BCUT2D eigenvalue weighted by Gasteiger charge is -2.19. The Hall–Kier alpha value is -0.265. The predicted octanol–water partition coefficient (Wildman–Crippen LogP) is -0.0342. The van der Waals surface area contributed by atoms with Crippen LogP contribution in [0.1, 0.15) is 6.92 Å². The van der Waals surface area contributed by atoms with E-state index < -0.39 is 25.9 Å². The maximum absolute atomic E-state index is 12.4. The standard InChI is InChI=1S/C4H8BF3O3/c1-4(8,3(6)7)11-2-5(9)10/h3,9-10H,2H2,1H3. The van der Waals surface area contributed by atoms with Crippen LogP contribution in [0.15, 0.2) is 0 Å². The van der Waals surface area contributed by atoms with E-state index in [1.54, 1.807) is 0 Å². The molecule has 0 heterocycles. The molecule has 0 saturated carbocycles. The van der Waals surface area contributed by atoms with Crippen LogP contribution in [-0.2, 0) is 4.74 Å². The molecule has 1 unspecified atom stereocenters. The fourth-order valence-corrected chi connectivity index (χ4v) is 0.300. The molecule has 11 heavy (non-hydrogen) atoms. The van der Waals surface area contributed by atoms with E-state index in [1.807, 2.05) is 0 Å². The van der Waals surface area contributed by atoms with Crippen molar-refractivity contribution < 1.29 is 28.0 Å². The predicted molar refractivity (Wildman–Crippen MR) is 31.7 cm³/mol.